The van der Waals surface area contributed by atoms with Crippen molar-refractivity contribution in [3.63, 3.8) is 0 Å². The summed E-state index contributed by atoms with van der Waals surface area (Å²) in [6, 6.07) is 6.55. The molecule has 1 aromatic rings. The number of hydrogen-bond acceptors (Lipinski definition) is 3. The maximum Gasteiger partial charge on any atom is 0.347 e. The molecule has 0 bridgehead atoms. The van der Waals surface area contributed by atoms with Gasteiger partial charge < -0.3 is 8.80 Å². The van der Waals surface area contributed by atoms with Crippen LogP contribution in [0.5, 0.6) is 0 Å². The van der Waals surface area contributed by atoms with E-state index in [9.17, 15) is 4.79 Å². The summed E-state index contributed by atoms with van der Waals surface area (Å²) in [5, 5.41) is 0. The Balaban J connectivity index is 2.90. The molecular formula is C7H6INO2. The first-order chi connectivity index (χ1) is 5.24. The third-order valence-electron chi connectivity index (χ3n) is 1.22. The zero-order chi connectivity index (χ0) is 8.27. The first kappa shape index (κ1) is 8.32. The Morgan fingerprint density at radius 2 is 1.91 bits per heavy atom. The van der Waals surface area contributed by atoms with Crippen LogP contribution < -0.4 is 5.73 Å². The van der Waals surface area contributed by atoms with Crippen LogP contribution in [0.3, 0.4) is 0 Å². The van der Waals surface area contributed by atoms with Gasteiger partial charge in [0, 0.05) is 5.69 Å². The fourth-order valence-electron chi connectivity index (χ4n) is 0.664. The second kappa shape index (κ2) is 3.56. The molecule has 0 aliphatic rings. The molecule has 2 N–H and O–H groups in total. The third kappa shape index (κ3) is 2.07. The van der Waals surface area contributed by atoms with Gasteiger partial charge in [-0.2, -0.15) is 0 Å². The summed E-state index contributed by atoms with van der Waals surface area (Å²) in [4.78, 5) is 10.9. The first-order valence-electron chi connectivity index (χ1n) is 2.92. The molecule has 4 heteroatoms. The Morgan fingerprint density at radius 1 is 1.36 bits per heavy atom. The molecule has 1 rings (SSSR count). The second-order valence-electron chi connectivity index (χ2n) is 1.99. The highest BCUT2D eigenvalue weighted by atomic mass is 127. The fraction of sp³-hybridized carbons (Fsp3) is 0. The van der Waals surface area contributed by atoms with Gasteiger partial charge in [0.15, 0.2) is 23.0 Å². The number of carbonyl (C=O) groups excluding carboxylic acids is 1. The van der Waals surface area contributed by atoms with Crippen LogP contribution in [0.1, 0.15) is 10.4 Å². The zero-order valence-electron chi connectivity index (χ0n) is 5.58. The molecule has 0 amide bonds. The van der Waals surface area contributed by atoms with E-state index in [4.69, 9.17) is 5.73 Å². The van der Waals surface area contributed by atoms with E-state index in [1.807, 2.05) is 0 Å². The molecule has 0 spiro atoms. The van der Waals surface area contributed by atoms with Crippen molar-refractivity contribution in [2.45, 2.75) is 0 Å². The minimum atomic E-state index is -0.356. The highest BCUT2D eigenvalue weighted by Crippen LogP contribution is 2.07. The van der Waals surface area contributed by atoms with Crippen LogP contribution in [0, 0.1) is 0 Å². The lowest BCUT2D eigenvalue weighted by molar-refractivity contribution is 0.0800. The van der Waals surface area contributed by atoms with Crippen molar-refractivity contribution in [1.82, 2.24) is 0 Å². The summed E-state index contributed by atoms with van der Waals surface area (Å²) in [5.74, 6) is -0.356. The molecule has 58 valence electrons. The Labute approximate surface area is 78.2 Å². The van der Waals surface area contributed by atoms with E-state index >= 15 is 0 Å². The molecule has 11 heavy (non-hydrogen) atoms. The van der Waals surface area contributed by atoms with Gasteiger partial charge in [-0.3, -0.25) is 0 Å². The molecule has 0 heterocycles. The van der Waals surface area contributed by atoms with Crippen LogP contribution in [0.4, 0.5) is 5.69 Å². The van der Waals surface area contributed by atoms with Crippen LogP contribution in [-0.4, -0.2) is 5.97 Å². The van der Waals surface area contributed by atoms with Crippen LogP contribution in [0.25, 0.3) is 0 Å². The van der Waals surface area contributed by atoms with Gasteiger partial charge in [-0.25, -0.2) is 4.79 Å². The van der Waals surface area contributed by atoms with Gasteiger partial charge >= 0.3 is 5.97 Å². The fourth-order valence-corrected chi connectivity index (χ4v) is 0.918. The van der Waals surface area contributed by atoms with Gasteiger partial charge in [0.1, 0.15) is 0 Å². The predicted octanol–water partition coefficient (Wildman–Crippen LogP) is 1.78. The highest BCUT2D eigenvalue weighted by molar-refractivity contribution is 14.1. The van der Waals surface area contributed by atoms with Gasteiger partial charge in [0.25, 0.3) is 0 Å². The largest absolute Gasteiger partial charge is 0.399 e. The minimum absolute atomic E-state index is 0.356. The molecule has 1 aromatic carbocycles. The monoisotopic (exact) mass is 263 g/mol. The van der Waals surface area contributed by atoms with Crippen molar-refractivity contribution in [3.8, 4) is 0 Å². The SMILES string of the molecule is Nc1ccc(C(=O)OI)cc1. The quantitative estimate of drug-likeness (QED) is 0.620. The van der Waals surface area contributed by atoms with Gasteiger partial charge in [-0.1, -0.05) is 0 Å². The van der Waals surface area contributed by atoms with Gasteiger partial charge in [-0.15, -0.1) is 0 Å². The summed E-state index contributed by atoms with van der Waals surface area (Å²) in [5.41, 5.74) is 6.56. The number of hydrogen-bond donors (Lipinski definition) is 1. The lowest BCUT2D eigenvalue weighted by atomic mass is 10.2. The summed E-state index contributed by atoms with van der Waals surface area (Å²) < 4.78 is 4.47. The lowest BCUT2D eigenvalue weighted by Crippen LogP contribution is -1.97. The van der Waals surface area contributed by atoms with E-state index < -0.39 is 0 Å². The summed E-state index contributed by atoms with van der Waals surface area (Å²) in [6.45, 7) is 0. The molecule has 0 saturated carbocycles. The standard InChI is InChI=1S/C7H6INO2/c8-11-7(10)5-1-3-6(9)4-2-5/h1-4H,9H2. The van der Waals surface area contributed by atoms with E-state index in [1.54, 1.807) is 47.3 Å². The molecule has 0 atom stereocenters. The zero-order valence-corrected chi connectivity index (χ0v) is 7.74. The topological polar surface area (TPSA) is 52.3 Å². The maximum atomic E-state index is 10.9. The maximum absolute atomic E-state index is 10.9. The Bertz CT molecular complexity index is 258. The average molecular weight is 263 g/mol. The molecule has 0 fully saturated rings. The van der Waals surface area contributed by atoms with Crippen LogP contribution >= 0.6 is 23.0 Å². The number of halogens is 1. The van der Waals surface area contributed by atoms with E-state index in [0.717, 1.165) is 0 Å². The Hall–Kier alpha value is -0.780. The van der Waals surface area contributed by atoms with Gasteiger partial charge in [-0.05, 0) is 24.3 Å². The van der Waals surface area contributed by atoms with Crippen LogP contribution in [0.2, 0.25) is 0 Å². The molecule has 0 radical (unpaired) electrons. The molecule has 0 aliphatic carbocycles. The lowest BCUT2D eigenvalue weighted by Gasteiger charge is -1.96. The Morgan fingerprint density at radius 3 is 2.36 bits per heavy atom. The van der Waals surface area contributed by atoms with Crippen LogP contribution in [-0.2, 0) is 3.07 Å². The molecule has 0 aliphatic heterocycles. The van der Waals surface area contributed by atoms with E-state index in [2.05, 4.69) is 3.07 Å². The predicted molar refractivity (Wildman–Crippen MR) is 50.3 cm³/mol. The van der Waals surface area contributed by atoms with Crippen molar-refractivity contribution in [2.24, 2.45) is 0 Å². The average Bonchev–Trinajstić information content (AvgIpc) is 2.05. The molecular weight excluding hydrogens is 257 g/mol. The first-order valence-corrected chi connectivity index (χ1v) is 3.80. The number of rotatable bonds is 1. The number of anilines is 1. The summed E-state index contributed by atoms with van der Waals surface area (Å²) >= 11 is 1.54. The van der Waals surface area contributed by atoms with Gasteiger partial charge in [0.05, 0.1) is 5.56 Å². The van der Waals surface area contributed by atoms with E-state index in [0.29, 0.717) is 11.3 Å². The van der Waals surface area contributed by atoms with Crippen LogP contribution in [0.15, 0.2) is 24.3 Å². The minimum Gasteiger partial charge on any atom is -0.399 e. The van der Waals surface area contributed by atoms with Crippen molar-refractivity contribution < 1.29 is 7.86 Å². The van der Waals surface area contributed by atoms with Gasteiger partial charge in [0.2, 0.25) is 0 Å². The number of nitrogens with two attached hydrogens (primary N) is 1. The Kier molecular flexibility index (Phi) is 2.70. The number of nitrogen functional groups attached to an aromatic ring is 1. The molecule has 0 saturated heterocycles. The normalized spacial score (nSPS) is 9.18. The van der Waals surface area contributed by atoms with Crippen molar-refractivity contribution in [1.29, 1.82) is 0 Å². The number of carbonyl (C=O) groups is 1. The highest BCUT2D eigenvalue weighted by Gasteiger charge is 2.03. The van der Waals surface area contributed by atoms with E-state index in [-0.39, 0.29) is 5.97 Å². The smallest absolute Gasteiger partial charge is 0.347 e. The second-order valence-corrected chi connectivity index (χ2v) is 2.43. The number of benzene rings is 1. The summed E-state index contributed by atoms with van der Waals surface area (Å²) in [7, 11) is 0. The van der Waals surface area contributed by atoms with Crippen molar-refractivity contribution >= 4 is 34.7 Å². The van der Waals surface area contributed by atoms with Crippen molar-refractivity contribution in [3.05, 3.63) is 29.8 Å². The molecule has 0 aromatic heterocycles. The molecule has 3 nitrogen and oxygen atoms in total. The van der Waals surface area contributed by atoms with Crippen molar-refractivity contribution in [2.75, 3.05) is 5.73 Å². The van der Waals surface area contributed by atoms with E-state index in [1.165, 1.54) is 0 Å². The summed E-state index contributed by atoms with van der Waals surface area (Å²) in [6.07, 6.45) is 0. The molecule has 0 unspecified atom stereocenters. The third-order valence-corrected chi connectivity index (χ3v) is 1.62.